The average molecular weight is 250 g/mol. The van der Waals surface area contributed by atoms with Gasteiger partial charge in [0.1, 0.15) is 11.4 Å². The number of rotatable bonds is 3. The minimum atomic E-state index is -0.366. The van der Waals surface area contributed by atoms with E-state index in [1.54, 1.807) is 18.3 Å². The van der Waals surface area contributed by atoms with Crippen molar-refractivity contribution in [2.24, 2.45) is 0 Å². The van der Waals surface area contributed by atoms with Gasteiger partial charge in [0.05, 0.1) is 12.2 Å². The summed E-state index contributed by atoms with van der Waals surface area (Å²) in [5.41, 5.74) is 0.459. The van der Waals surface area contributed by atoms with Gasteiger partial charge in [0.15, 0.2) is 0 Å². The molecule has 0 aliphatic carbocycles. The van der Waals surface area contributed by atoms with Crippen LogP contribution in [-0.2, 0) is 4.74 Å². The molecule has 1 aliphatic rings. The van der Waals surface area contributed by atoms with Crippen molar-refractivity contribution in [1.29, 1.82) is 0 Å². The lowest BCUT2D eigenvalue weighted by Crippen LogP contribution is -2.25. The molecule has 1 aromatic rings. The Morgan fingerprint density at radius 3 is 3.00 bits per heavy atom. The van der Waals surface area contributed by atoms with Crippen LogP contribution in [0.3, 0.4) is 0 Å². The number of hydrogen-bond donors (Lipinski definition) is 1. The van der Waals surface area contributed by atoms with Crippen molar-refractivity contribution in [3.05, 3.63) is 23.9 Å². The molecule has 1 atom stereocenters. The Morgan fingerprint density at radius 2 is 2.39 bits per heavy atom. The molecular formula is C13H18N2O3. The maximum absolute atomic E-state index is 12.0. The Kier molecular flexibility index (Phi) is 3.81. The molecular weight excluding hydrogens is 232 g/mol. The van der Waals surface area contributed by atoms with Crippen molar-refractivity contribution < 1.29 is 14.6 Å². The number of aliphatic hydroxyl groups excluding tert-OH is 1. The molecule has 1 aliphatic heterocycles. The van der Waals surface area contributed by atoms with E-state index in [-0.39, 0.29) is 18.2 Å². The highest BCUT2D eigenvalue weighted by Crippen LogP contribution is 2.23. The topological polar surface area (TPSA) is 62.7 Å². The van der Waals surface area contributed by atoms with Crippen molar-refractivity contribution in [2.75, 3.05) is 18.0 Å². The van der Waals surface area contributed by atoms with Gasteiger partial charge in [-0.05, 0) is 32.4 Å². The standard InChI is InChI=1S/C13H18N2O3/c1-9(2)18-13(17)11-4-3-6-14-12(11)15-7-5-10(16)8-15/h3-4,6,9-10,16H,5,7-8H2,1-2H3/t10-/m1/s1. The molecule has 0 amide bonds. The van der Waals surface area contributed by atoms with Gasteiger partial charge in [-0.1, -0.05) is 0 Å². The summed E-state index contributed by atoms with van der Waals surface area (Å²) in [6.45, 7) is 4.85. The van der Waals surface area contributed by atoms with E-state index < -0.39 is 0 Å². The van der Waals surface area contributed by atoms with E-state index in [4.69, 9.17) is 4.74 Å². The molecule has 5 heteroatoms. The first-order valence-electron chi connectivity index (χ1n) is 6.17. The number of nitrogens with zero attached hydrogens (tertiary/aromatic N) is 2. The number of esters is 1. The van der Waals surface area contributed by atoms with Gasteiger partial charge < -0.3 is 14.7 Å². The Balaban J connectivity index is 2.22. The Hall–Kier alpha value is -1.62. The fourth-order valence-corrected chi connectivity index (χ4v) is 2.02. The summed E-state index contributed by atoms with van der Waals surface area (Å²) >= 11 is 0. The zero-order valence-corrected chi connectivity index (χ0v) is 10.7. The Bertz CT molecular complexity index is 434. The van der Waals surface area contributed by atoms with Gasteiger partial charge in [-0.2, -0.15) is 0 Å². The molecule has 2 heterocycles. The molecule has 18 heavy (non-hydrogen) atoms. The minimum absolute atomic E-state index is 0.158. The van der Waals surface area contributed by atoms with Gasteiger partial charge in [-0.3, -0.25) is 0 Å². The van der Waals surface area contributed by atoms with Crippen LogP contribution in [0.4, 0.5) is 5.82 Å². The lowest BCUT2D eigenvalue weighted by atomic mass is 10.2. The SMILES string of the molecule is CC(C)OC(=O)c1cccnc1N1CC[C@@H](O)C1. The summed E-state index contributed by atoms with van der Waals surface area (Å²) in [7, 11) is 0. The van der Waals surface area contributed by atoms with Crippen LogP contribution in [0.5, 0.6) is 0 Å². The molecule has 0 aromatic carbocycles. The third kappa shape index (κ3) is 2.79. The first-order chi connectivity index (χ1) is 8.58. The van der Waals surface area contributed by atoms with Gasteiger partial charge >= 0.3 is 5.97 Å². The molecule has 1 fully saturated rings. The van der Waals surface area contributed by atoms with E-state index in [9.17, 15) is 9.90 Å². The van der Waals surface area contributed by atoms with Crippen LogP contribution < -0.4 is 4.90 Å². The number of pyridine rings is 1. The number of aromatic nitrogens is 1. The van der Waals surface area contributed by atoms with Crippen molar-refractivity contribution >= 4 is 11.8 Å². The van der Waals surface area contributed by atoms with Gasteiger partial charge in [-0.25, -0.2) is 9.78 Å². The fourth-order valence-electron chi connectivity index (χ4n) is 2.02. The van der Waals surface area contributed by atoms with E-state index in [0.29, 0.717) is 30.9 Å². The molecule has 1 saturated heterocycles. The molecule has 0 saturated carbocycles. The van der Waals surface area contributed by atoms with Crippen molar-refractivity contribution in [2.45, 2.75) is 32.5 Å². The second-order valence-corrected chi connectivity index (χ2v) is 4.72. The second-order valence-electron chi connectivity index (χ2n) is 4.72. The highest BCUT2D eigenvalue weighted by Gasteiger charge is 2.26. The minimum Gasteiger partial charge on any atom is -0.459 e. The number of hydrogen-bond acceptors (Lipinski definition) is 5. The lowest BCUT2D eigenvalue weighted by Gasteiger charge is -2.19. The van der Waals surface area contributed by atoms with Crippen molar-refractivity contribution in [1.82, 2.24) is 4.98 Å². The lowest BCUT2D eigenvalue weighted by molar-refractivity contribution is 0.0378. The average Bonchev–Trinajstić information content (AvgIpc) is 2.75. The van der Waals surface area contributed by atoms with E-state index in [1.165, 1.54) is 0 Å². The van der Waals surface area contributed by atoms with Gasteiger partial charge in [-0.15, -0.1) is 0 Å². The molecule has 98 valence electrons. The van der Waals surface area contributed by atoms with Crippen molar-refractivity contribution in [3.8, 4) is 0 Å². The second kappa shape index (κ2) is 5.35. The van der Waals surface area contributed by atoms with Gasteiger partial charge in [0, 0.05) is 19.3 Å². The van der Waals surface area contributed by atoms with Gasteiger partial charge in [0.2, 0.25) is 0 Å². The maximum atomic E-state index is 12.0. The third-order valence-electron chi connectivity index (χ3n) is 2.81. The number of aliphatic hydroxyl groups is 1. The first-order valence-corrected chi connectivity index (χ1v) is 6.17. The smallest absolute Gasteiger partial charge is 0.342 e. The number of carbonyl (C=O) groups excluding carboxylic acids is 1. The van der Waals surface area contributed by atoms with Crippen molar-refractivity contribution in [3.63, 3.8) is 0 Å². The summed E-state index contributed by atoms with van der Waals surface area (Å²) < 4.78 is 5.20. The molecule has 0 spiro atoms. The van der Waals surface area contributed by atoms with Crippen LogP contribution >= 0.6 is 0 Å². The fraction of sp³-hybridized carbons (Fsp3) is 0.538. The summed E-state index contributed by atoms with van der Waals surface area (Å²) in [6, 6.07) is 3.42. The Morgan fingerprint density at radius 1 is 1.61 bits per heavy atom. The molecule has 5 nitrogen and oxygen atoms in total. The van der Waals surface area contributed by atoms with Gasteiger partial charge in [0.25, 0.3) is 0 Å². The third-order valence-corrected chi connectivity index (χ3v) is 2.81. The first kappa shape index (κ1) is 12.8. The predicted octanol–water partition coefficient (Wildman–Crippen LogP) is 1.22. The molecule has 2 rings (SSSR count). The molecule has 0 radical (unpaired) electrons. The zero-order valence-electron chi connectivity index (χ0n) is 10.7. The van der Waals surface area contributed by atoms with Crippen LogP contribution in [0, 0.1) is 0 Å². The van der Waals surface area contributed by atoms with E-state index in [2.05, 4.69) is 4.98 Å². The Labute approximate surface area is 106 Å². The summed E-state index contributed by atoms with van der Waals surface area (Å²) in [4.78, 5) is 18.1. The van der Waals surface area contributed by atoms with E-state index >= 15 is 0 Å². The number of β-amino-alcohol motifs (C(OH)–C–C–N with tert-alkyl or cyclic N) is 1. The molecule has 1 aromatic heterocycles. The number of ether oxygens (including phenoxy) is 1. The van der Waals surface area contributed by atoms with Crippen LogP contribution in [0.1, 0.15) is 30.6 Å². The highest BCUT2D eigenvalue weighted by molar-refractivity contribution is 5.94. The summed E-state index contributed by atoms with van der Waals surface area (Å²) in [6.07, 6.45) is 1.84. The van der Waals surface area contributed by atoms with E-state index in [0.717, 1.165) is 0 Å². The quantitative estimate of drug-likeness (QED) is 0.817. The largest absolute Gasteiger partial charge is 0.459 e. The predicted molar refractivity (Wildman–Crippen MR) is 67.6 cm³/mol. The highest BCUT2D eigenvalue weighted by atomic mass is 16.5. The zero-order chi connectivity index (χ0) is 13.1. The van der Waals surface area contributed by atoms with Crippen LogP contribution in [0.2, 0.25) is 0 Å². The summed E-state index contributed by atoms with van der Waals surface area (Å²) in [5, 5.41) is 9.55. The molecule has 0 unspecified atom stereocenters. The molecule has 1 N–H and O–H groups in total. The van der Waals surface area contributed by atoms with E-state index in [1.807, 2.05) is 18.7 Å². The number of carbonyl (C=O) groups is 1. The van der Waals surface area contributed by atoms with Crippen LogP contribution in [0.15, 0.2) is 18.3 Å². The monoisotopic (exact) mass is 250 g/mol. The normalized spacial score (nSPS) is 19.3. The van der Waals surface area contributed by atoms with Crippen LogP contribution in [-0.4, -0.2) is 41.4 Å². The number of anilines is 1. The maximum Gasteiger partial charge on any atom is 0.342 e. The van der Waals surface area contributed by atoms with Crippen LogP contribution in [0.25, 0.3) is 0 Å². The summed E-state index contributed by atoms with van der Waals surface area (Å²) in [5.74, 6) is 0.231. The molecule has 0 bridgehead atoms.